The maximum atomic E-state index is 11.3. The van der Waals surface area contributed by atoms with Gasteiger partial charge < -0.3 is 4.74 Å². The Kier molecular flexibility index (Phi) is 3.59. The molecule has 0 saturated carbocycles. The van der Waals surface area contributed by atoms with Gasteiger partial charge in [0, 0.05) is 12.5 Å². The number of carbonyl (C=O) groups excluding carboxylic acids is 1. The van der Waals surface area contributed by atoms with Gasteiger partial charge in [0.05, 0.1) is 0 Å². The van der Waals surface area contributed by atoms with Gasteiger partial charge in [0.15, 0.2) is 6.61 Å². The summed E-state index contributed by atoms with van der Waals surface area (Å²) < 4.78 is 4.79. The van der Waals surface area contributed by atoms with Crippen molar-refractivity contribution in [3.8, 4) is 12.0 Å². The lowest BCUT2D eigenvalue weighted by Gasteiger charge is -1.97. The first kappa shape index (κ1) is 9.34. The second-order valence-electron chi connectivity index (χ2n) is 2.43. The molecule has 0 fully saturated rings. The molecule has 1 aromatic rings. The molecule has 0 aliphatic rings. The van der Waals surface area contributed by atoms with E-state index in [0.717, 1.165) is 0 Å². The molecular formula is C11H10O2. The standard InChI is InChI=1S/C11H10O2/c1-2-8-13-9-11(12)10-6-4-3-5-7-10/h3-7H,9H2,1H3. The topological polar surface area (TPSA) is 26.3 Å². The Bertz CT molecular complexity index is 330. The van der Waals surface area contributed by atoms with Crippen molar-refractivity contribution in [1.82, 2.24) is 0 Å². The van der Waals surface area contributed by atoms with Crippen LogP contribution in [0.4, 0.5) is 0 Å². The Balaban J connectivity index is 2.53. The lowest BCUT2D eigenvalue weighted by atomic mass is 10.1. The highest BCUT2D eigenvalue weighted by molar-refractivity contribution is 5.97. The summed E-state index contributed by atoms with van der Waals surface area (Å²) in [6, 6.07) is 9.01. The highest BCUT2D eigenvalue weighted by Crippen LogP contribution is 1.99. The van der Waals surface area contributed by atoms with E-state index in [1.54, 1.807) is 19.1 Å². The lowest BCUT2D eigenvalue weighted by Crippen LogP contribution is -2.06. The van der Waals surface area contributed by atoms with Crippen LogP contribution in [0.5, 0.6) is 0 Å². The summed E-state index contributed by atoms with van der Waals surface area (Å²) >= 11 is 0. The molecule has 0 saturated heterocycles. The maximum Gasteiger partial charge on any atom is 0.201 e. The van der Waals surface area contributed by atoms with Crippen LogP contribution in [0.2, 0.25) is 0 Å². The van der Waals surface area contributed by atoms with Gasteiger partial charge >= 0.3 is 0 Å². The molecule has 2 heteroatoms. The SMILES string of the molecule is CC#COCC(=O)c1ccccc1. The van der Waals surface area contributed by atoms with Crippen LogP contribution in [0.25, 0.3) is 0 Å². The van der Waals surface area contributed by atoms with Crippen LogP contribution >= 0.6 is 0 Å². The summed E-state index contributed by atoms with van der Waals surface area (Å²) in [6.07, 6.45) is 2.38. The van der Waals surface area contributed by atoms with E-state index in [9.17, 15) is 4.79 Å². The molecular weight excluding hydrogens is 164 g/mol. The van der Waals surface area contributed by atoms with Gasteiger partial charge in [0.25, 0.3) is 0 Å². The second-order valence-corrected chi connectivity index (χ2v) is 2.43. The highest BCUT2D eigenvalue weighted by Gasteiger charge is 2.03. The third kappa shape index (κ3) is 3.00. The van der Waals surface area contributed by atoms with Crippen molar-refractivity contribution in [3.63, 3.8) is 0 Å². The van der Waals surface area contributed by atoms with Gasteiger partial charge in [-0.15, -0.1) is 0 Å². The van der Waals surface area contributed by atoms with Crippen molar-refractivity contribution in [1.29, 1.82) is 0 Å². The average molecular weight is 174 g/mol. The van der Waals surface area contributed by atoms with Crippen LogP contribution in [0.15, 0.2) is 30.3 Å². The number of hydrogen-bond donors (Lipinski definition) is 0. The molecule has 0 spiro atoms. The Hall–Kier alpha value is -1.75. The first-order valence-corrected chi connectivity index (χ1v) is 3.96. The fraction of sp³-hybridized carbons (Fsp3) is 0.182. The van der Waals surface area contributed by atoms with Crippen LogP contribution in [0, 0.1) is 12.0 Å². The van der Waals surface area contributed by atoms with Gasteiger partial charge in [0.1, 0.15) is 6.11 Å². The van der Waals surface area contributed by atoms with Crippen LogP contribution in [0.3, 0.4) is 0 Å². The number of rotatable bonds is 3. The van der Waals surface area contributed by atoms with Crippen molar-refractivity contribution < 1.29 is 9.53 Å². The molecule has 1 aromatic carbocycles. The van der Waals surface area contributed by atoms with Crippen LogP contribution in [-0.4, -0.2) is 12.4 Å². The van der Waals surface area contributed by atoms with E-state index in [4.69, 9.17) is 4.74 Å². The van der Waals surface area contributed by atoms with Crippen molar-refractivity contribution in [2.24, 2.45) is 0 Å². The average Bonchev–Trinajstić information content (AvgIpc) is 2.19. The van der Waals surface area contributed by atoms with Gasteiger partial charge in [-0.3, -0.25) is 4.79 Å². The predicted molar refractivity (Wildman–Crippen MR) is 50.2 cm³/mol. The fourth-order valence-corrected chi connectivity index (χ4v) is 0.881. The monoisotopic (exact) mass is 174 g/mol. The zero-order valence-corrected chi connectivity index (χ0v) is 7.41. The Morgan fingerprint density at radius 2 is 2.08 bits per heavy atom. The van der Waals surface area contributed by atoms with E-state index in [1.807, 2.05) is 18.2 Å². The molecule has 0 unspecified atom stereocenters. The van der Waals surface area contributed by atoms with E-state index in [1.165, 1.54) is 0 Å². The van der Waals surface area contributed by atoms with Crippen LogP contribution < -0.4 is 0 Å². The quantitative estimate of drug-likeness (QED) is 0.516. The minimum absolute atomic E-state index is 0.0187. The van der Waals surface area contributed by atoms with Crippen molar-refractivity contribution in [2.75, 3.05) is 6.61 Å². The van der Waals surface area contributed by atoms with E-state index < -0.39 is 0 Å². The number of benzene rings is 1. The molecule has 2 nitrogen and oxygen atoms in total. The molecule has 66 valence electrons. The molecule has 0 amide bonds. The fourth-order valence-electron chi connectivity index (χ4n) is 0.881. The van der Waals surface area contributed by atoms with Gasteiger partial charge in [-0.1, -0.05) is 36.3 Å². The summed E-state index contributed by atoms with van der Waals surface area (Å²) in [5, 5.41) is 0. The highest BCUT2D eigenvalue weighted by atomic mass is 16.5. The molecule has 0 heterocycles. The number of ether oxygens (including phenoxy) is 1. The minimum atomic E-state index is -0.0525. The van der Waals surface area contributed by atoms with E-state index in [0.29, 0.717) is 5.56 Å². The van der Waals surface area contributed by atoms with Crippen LogP contribution in [0.1, 0.15) is 17.3 Å². The summed E-state index contributed by atoms with van der Waals surface area (Å²) in [5.74, 6) is 2.50. The van der Waals surface area contributed by atoms with E-state index >= 15 is 0 Å². The Morgan fingerprint density at radius 1 is 1.38 bits per heavy atom. The van der Waals surface area contributed by atoms with Crippen molar-refractivity contribution in [3.05, 3.63) is 35.9 Å². The summed E-state index contributed by atoms with van der Waals surface area (Å²) in [6.45, 7) is 1.68. The summed E-state index contributed by atoms with van der Waals surface area (Å²) in [4.78, 5) is 11.3. The normalized spacial score (nSPS) is 8.38. The number of ketones is 1. The molecule has 0 radical (unpaired) electrons. The molecule has 13 heavy (non-hydrogen) atoms. The van der Waals surface area contributed by atoms with Crippen LogP contribution in [-0.2, 0) is 4.74 Å². The number of hydrogen-bond acceptors (Lipinski definition) is 2. The largest absolute Gasteiger partial charge is 0.438 e. The minimum Gasteiger partial charge on any atom is -0.438 e. The zero-order chi connectivity index (χ0) is 9.52. The van der Waals surface area contributed by atoms with Crippen molar-refractivity contribution >= 4 is 5.78 Å². The molecule has 0 aromatic heterocycles. The molecule has 0 aliphatic carbocycles. The third-order valence-corrected chi connectivity index (χ3v) is 1.47. The maximum absolute atomic E-state index is 11.3. The van der Waals surface area contributed by atoms with Gasteiger partial charge in [-0.2, -0.15) is 0 Å². The molecule has 0 N–H and O–H groups in total. The second kappa shape index (κ2) is 5.00. The van der Waals surface area contributed by atoms with Gasteiger partial charge in [0.2, 0.25) is 5.78 Å². The van der Waals surface area contributed by atoms with E-state index in [2.05, 4.69) is 12.0 Å². The zero-order valence-electron chi connectivity index (χ0n) is 7.41. The first-order chi connectivity index (χ1) is 6.34. The van der Waals surface area contributed by atoms with Gasteiger partial charge in [-0.25, -0.2) is 0 Å². The Labute approximate surface area is 77.5 Å². The molecule has 0 bridgehead atoms. The summed E-state index contributed by atoms with van der Waals surface area (Å²) in [5.41, 5.74) is 0.653. The van der Waals surface area contributed by atoms with E-state index in [-0.39, 0.29) is 12.4 Å². The summed E-state index contributed by atoms with van der Waals surface area (Å²) in [7, 11) is 0. The Morgan fingerprint density at radius 3 is 2.69 bits per heavy atom. The molecule has 1 rings (SSSR count). The molecule has 0 atom stereocenters. The van der Waals surface area contributed by atoms with Gasteiger partial charge in [-0.05, 0) is 0 Å². The first-order valence-electron chi connectivity index (χ1n) is 3.96. The number of Topliss-reactive ketones (excluding diaryl/α,β-unsaturated/α-hetero) is 1. The number of carbonyl (C=O) groups is 1. The third-order valence-electron chi connectivity index (χ3n) is 1.47. The van der Waals surface area contributed by atoms with Crippen molar-refractivity contribution in [2.45, 2.75) is 6.92 Å². The smallest absolute Gasteiger partial charge is 0.201 e. The predicted octanol–water partition coefficient (Wildman–Crippen LogP) is 1.87. The molecule has 0 aliphatic heterocycles. The lowest BCUT2D eigenvalue weighted by molar-refractivity contribution is 0.0901.